The number of benzene rings is 1. The van der Waals surface area contributed by atoms with Crippen molar-refractivity contribution in [3.63, 3.8) is 0 Å². The van der Waals surface area contributed by atoms with E-state index in [0.717, 1.165) is 0 Å². The van der Waals surface area contributed by atoms with Gasteiger partial charge < -0.3 is 0 Å². The van der Waals surface area contributed by atoms with Gasteiger partial charge in [-0.15, -0.1) is 10.2 Å². The first kappa shape index (κ1) is 11.9. The van der Waals surface area contributed by atoms with Crippen molar-refractivity contribution >= 4 is 22.7 Å². The molecule has 0 radical (unpaired) electrons. The van der Waals surface area contributed by atoms with E-state index < -0.39 is 4.92 Å². The number of nitro benzene ring substituents is 1. The number of non-ortho nitro benzene ring substituents is 1. The van der Waals surface area contributed by atoms with E-state index in [-0.39, 0.29) is 5.69 Å². The second kappa shape index (κ2) is 4.84. The van der Waals surface area contributed by atoms with Crippen molar-refractivity contribution in [2.45, 2.75) is 0 Å². The van der Waals surface area contributed by atoms with Gasteiger partial charge in [0.1, 0.15) is 12.7 Å². The van der Waals surface area contributed by atoms with Crippen LogP contribution in [-0.4, -0.2) is 31.0 Å². The molecule has 3 rings (SSSR count). The third kappa shape index (κ3) is 2.09. The van der Waals surface area contributed by atoms with Gasteiger partial charge >= 0.3 is 0 Å². The number of fused-ring (bicyclic) bond motifs is 1. The summed E-state index contributed by atoms with van der Waals surface area (Å²) in [6.45, 7) is 0. The molecule has 0 unspecified atom stereocenters. The van der Waals surface area contributed by atoms with E-state index in [1.54, 1.807) is 18.2 Å². The van der Waals surface area contributed by atoms with Crippen LogP contribution in [-0.2, 0) is 0 Å². The topological polar surface area (TPSA) is 99.1 Å². The number of aromatic nitrogens is 4. The minimum atomic E-state index is -0.414. The number of rotatable bonds is 3. The van der Waals surface area contributed by atoms with E-state index in [9.17, 15) is 10.1 Å². The van der Waals surface area contributed by atoms with Crippen molar-refractivity contribution < 1.29 is 4.92 Å². The van der Waals surface area contributed by atoms with Crippen LogP contribution in [0.5, 0.6) is 0 Å². The molecular formula is C12H8N6O2. The number of nitro groups is 1. The first-order valence-electron chi connectivity index (χ1n) is 5.67. The Kier molecular flexibility index (Phi) is 2.88. The van der Waals surface area contributed by atoms with Gasteiger partial charge in [0.15, 0.2) is 0 Å². The molecule has 0 spiro atoms. The minimum Gasteiger partial charge on any atom is -0.258 e. The summed E-state index contributed by atoms with van der Waals surface area (Å²) < 4.78 is 1.41. The highest BCUT2D eigenvalue weighted by Gasteiger charge is 2.12. The van der Waals surface area contributed by atoms with Gasteiger partial charge in [-0.05, 0) is 6.07 Å². The van der Waals surface area contributed by atoms with Crippen LogP contribution in [0.4, 0.5) is 5.69 Å². The average Bonchev–Trinajstić information content (AvgIpc) is 2.97. The molecule has 98 valence electrons. The van der Waals surface area contributed by atoms with Crippen molar-refractivity contribution in [3.05, 3.63) is 58.9 Å². The summed E-state index contributed by atoms with van der Waals surface area (Å²) in [5.41, 5.74) is 0.587. The van der Waals surface area contributed by atoms with Crippen LogP contribution in [0.1, 0.15) is 5.69 Å². The monoisotopic (exact) mass is 268 g/mol. The maximum atomic E-state index is 11.0. The highest BCUT2D eigenvalue weighted by atomic mass is 16.6. The predicted octanol–water partition coefficient (Wildman–Crippen LogP) is 1.62. The largest absolute Gasteiger partial charge is 0.277 e. The molecule has 2 heterocycles. The minimum absolute atomic E-state index is 0.0452. The zero-order valence-corrected chi connectivity index (χ0v) is 10.1. The molecule has 8 nitrogen and oxygen atoms in total. The van der Waals surface area contributed by atoms with Crippen LogP contribution in [0.3, 0.4) is 0 Å². The standard InChI is InChI=1S/C12H8N6O2/c19-18(20)12-3-1-2-9-10(12)4-5-13-11(9)6-16-17-7-14-15-8-17/h1-8H. The lowest BCUT2D eigenvalue weighted by atomic mass is 10.1. The van der Waals surface area contributed by atoms with E-state index in [1.165, 1.54) is 35.8 Å². The van der Waals surface area contributed by atoms with Crippen molar-refractivity contribution in [2.75, 3.05) is 0 Å². The second-order valence-corrected chi connectivity index (χ2v) is 3.91. The number of nitrogens with zero attached hydrogens (tertiary/aromatic N) is 6. The van der Waals surface area contributed by atoms with E-state index in [1.807, 2.05) is 0 Å². The Morgan fingerprint density at radius 3 is 2.75 bits per heavy atom. The molecular weight excluding hydrogens is 260 g/mol. The molecule has 8 heteroatoms. The average molecular weight is 268 g/mol. The first-order valence-corrected chi connectivity index (χ1v) is 5.67. The molecule has 0 aliphatic heterocycles. The smallest absolute Gasteiger partial charge is 0.258 e. The van der Waals surface area contributed by atoms with Gasteiger partial charge in [0.25, 0.3) is 5.69 Å². The summed E-state index contributed by atoms with van der Waals surface area (Å²) in [7, 11) is 0. The molecule has 2 aromatic heterocycles. The lowest BCUT2D eigenvalue weighted by molar-refractivity contribution is -0.383. The van der Waals surface area contributed by atoms with Crippen molar-refractivity contribution in [2.24, 2.45) is 5.10 Å². The van der Waals surface area contributed by atoms with E-state index >= 15 is 0 Å². The van der Waals surface area contributed by atoms with Crippen LogP contribution in [0.2, 0.25) is 0 Å². The van der Waals surface area contributed by atoms with Gasteiger partial charge in [-0.1, -0.05) is 12.1 Å². The lowest BCUT2D eigenvalue weighted by Crippen LogP contribution is -1.95. The van der Waals surface area contributed by atoms with Crippen LogP contribution in [0.15, 0.2) is 48.2 Å². The molecule has 0 saturated carbocycles. The summed E-state index contributed by atoms with van der Waals surface area (Å²) in [5.74, 6) is 0. The third-order valence-corrected chi connectivity index (χ3v) is 2.73. The van der Waals surface area contributed by atoms with E-state index in [2.05, 4.69) is 20.3 Å². The molecule has 0 bridgehead atoms. The number of hydrogen-bond donors (Lipinski definition) is 0. The molecule has 3 aromatic rings. The molecule has 0 fully saturated rings. The van der Waals surface area contributed by atoms with Crippen molar-refractivity contribution in [1.82, 2.24) is 19.9 Å². The predicted molar refractivity (Wildman–Crippen MR) is 71.4 cm³/mol. The lowest BCUT2D eigenvalue weighted by Gasteiger charge is -2.01. The van der Waals surface area contributed by atoms with Gasteiger partial charge in [-0.3, -0.25) is 15.1 Å². The Morgan fingerprint density at radius 1 is 1.20 bits per heavy atom. The maximum Gasteiger partial charge on any atom is 0.277 e. The fraction of sp³-hybridized carbons (Fsp3) is 0. The normalized spacial score (nSPS) is 11.2. The van der Waals surface area contributed by atoms with E-state index in [0.29, 0.717) is 16.5 Å². The first-order chi connectivity index (χ1) is 9.75. The number of hydrogen-bond acceptors (Lipinski definition) is 6. The van der Waals surface area contributed by atoms with Gasteiger partial charge in [0.05, 0.1) is 22.2 Å². The highest BCUT2D eigenvalue weighted by molar-refractivity contribution is 6.01. The Labute approximate surface area is 112 Å². The third-order valence-electron chi connectivity index (χ3n) is 2.73. The second-order valence-electron chi connectivity index (χ2n) is 3.91. The summed E-state index contributed by atoms with van der Waals surface area (Å²) in [6.07, 6.45) is 5.90. The van der Waals surface area contributed by atoms with Gasteiger partial charge in [-0.2, -0.15) is 5.10 Å². The molecule has 1 aromatic carbocycles. The van der Waals surface area contributed by atoms with Crippen LogP contribution in [0, 0.1) is 10.1 Å². The Bertz CT molecular complexity index is 797. The van der Waals surface area contributed by atoms with Crippen molar-refractivity contribution in [3.8, 4) is 0 Å². The summed E-state index contributed by atoms with van der Waals surface area (Å²) >= 11 is 0. The van der Waals surface area contributed by atoms with E-state index in [4.69, 9.17) is 0 Å². The Hall–Kier alpha value is -3.16. The van der Waals surface area contributed by atoms with Crippen LogP contribution >= 0.6 is 0 Å². The van der Waals surface area contributed by atoms with Crippen LogP contribution in [0.25, 0.3) is 10.8 Å². The van der Waals surface area contributed by atoms with Crippen molar-refractivity contribution in [1.29, 1.82) is 0 Å². The molecule has 0 saturated heterocycles. The van der Waals surface area contributed by atoms with Gasteiger partial charge in [0.2, 0.25) is 0 Å². The Morgan fingerprint density at radius 2 is 2.00 bits per heavy atom. The Balaban J connectivity index is 2.13. The molecule has 0 N–H and O–H groups in total. The zero-order chi connectivity index (χ0) is 13.9. The summed E-state index contributed by atoms with van der Waals surface area (Å²) in [5, 5.41) is 23.5. The molecule has 0 aliphatic rings. The quantitative estimate of drug-likeness (QED) is 0.408. The summed E-state index contributed by atoms with van der Waals surface area (Å²) in [4.78, 5) is 14.8. The fourth-order valence-electron chi connectivity index (χ4n) is 1.85. The number of pyridine rings is 1. The maximum absolute atomic E-state index is 11.0. The fourth-order valence-corrected chi connectivity index (χ4v) is 1.85. The van der Waals surface area contributed by atoms with Gasteiger partial charge in [0, 0.05) is 17.6 Å². The van der Waals surface area contributed by atoms with Crippen LogP contribution < -0.4 is 0 Å². The molecule has 0 amide bonds. The van der Waals surface area contributed by atoms with Gasteiger partial charge in [-0.25, -0.2) is 4.68 Å². The molecule has 20 heavy (non-hydrogen) atoms. The zero-order valence-electron chi connectivity index (χ0n) is 10.1. The SMILES string of the molecule is O=[N+]([O-])c1cccc2c(C=Nn3cnnc3)nccc12. The molecule has 0 atom stereocenters. The molecule has 0 aliphatic carbocycles. The summed E-state index contributed by atoms with van der Waals surface area (Å²) in [6, 6.07) is 6.47. The highest BCUT2D eigenvalue weighted by Crippen LogP contribution is 2.25.